The molecule has 2 rings (SSSR count). The van der Waals surface area contributed by atoms with Crippen LogP contribution in [0.5, 0.6) is 0 Å². The van der Waals surface area contributed by atoms with Gasteiger partial charge in [-0.1, -0.05) is 25.3 Å². The Morgan fingerprint density at radius 3 is 2.43 bits per heavy atom. The third-order valence-corrected chi connectivity index (χ3v) is 3.99. The van der Waals surface area contributed by atoms with Gasteiger partial charge in [0.2, 0.25) is 5.91 Å². The molecule has 0 radical (unpaired) electrons. The zero-order chi connectivity index (χ0) is 14.8. The average molecular weight is 319 g/mol. The normalized spacial score (nSPS) is 18.5. The van der Waals surface area contributed by atoms with Crippen molar-refractivity contribution in [1.29, 1.82) is 0 Å². The number of hydrogen-bond donors (Lipinski definition) is 2. The van der Waals surface area contributed by atoms with Crippen LogP contribution in [-0.4, -0.2) is 11.4 Å². The summed E-state index contributed by atoms with van der Waals surface area (Å²) < 4.78 is 26.1. The van der Waals surface area contributed by atoms with Gasteiger partial charge in [0, 0.05) is 0 Å². The smallest absolute Gasteiger partial charge is 0.240 e. The quantitative estimate of drug-likeness (QED) is 0.899. The fraction of sp³-hybridized carbons (Fsp3) is 0.533. The number of rotatable bonds is 3. The molecule has 1 saturated carbocycles. The van der Waals surface area contributed by atoms with Gasteiger partial charge in [0.1, 0.15) is 0 Å². The van der Waals surface area contributed by atoms with E-state index in [1.54, 1.807) is 6.92 Å². The van der Waals surface area contributed by atoms with Crippen molar-refractivity contribution in [1.82, 2.24) is 5.32 Å². The molecule has 1 atom stereocenters. The molecule has 1 aliphatic carbocycles. The van der Waals surface area contributed by atoms with Gasteiger partial charge in [-0.15, -0.1) is 12.4 Å². The highest BCUT2D eigenvalue weighted by Crippen LogP contribution is 2.27. The van der Waals surface area contributed by atoms with Crippen LogP contribution in [-0.2, 0) is 4.79 Å². The monoisotopic (exact) mass is 318 g/mol. The van der Waals surface area contributed by atoms with Crippen LogP contribution in [0, 0.1) is 11.6 Å². The molecule has 0 saturated heterocycles. The largest absolute Gasteiger partial charge is 0.348 e. The van der Waals surface area contributed by atoms with Gasteiger partial charge in [-0.2, -0.15) is 0 Å². The zero-order valence-electron chi connectivity index (χ0n) is 12.0. The van der Waals surface area contributed by atoms with Crippen LogP contribution in [0.2, 0.25) is 0 Å². The van der Waals surface area contributed by atoms with Gasteiger partial charge in [-0.05, 0) is 37.5 Å². The number of carbonyl (C=O) groups is 1. The first-order valence-electron chi connectivity index (χ1n) is 6.97. The fourth-order valence-electron chi connectivity index (χ4n) is 2.62. The predicted octanol–water partition coefficient (Wildman–Crippen LogP) is 3.23. The molecule has 0 heterocycles. The van der Waals surface area contributed by atoms with Crippen LogP contribution >= 0.6 is 12.4 Å². The van der Waals surface area contributed by atoms with Crippen LogP contribution in [0.3, 0.4) is 0 Å². The van der Waals surface area contributed by atoms with Gasteiger partial charge in [0.15, 0.2) is 11.6 Å². The van der Waals surface area contributed by atoms with Gasteiger partial charge in [-0.25, -0.2) is 8.78 Å². The van der Waals surface area contributed by atoms with E-state index in [1.807, 2.05) is 0 Å². The maximum absolute atomic E-state index is 13.2. The fourth-order valence-corrected chi connectivity index (χ4v) is 2.62. The standard InChI is InChI=1S/C15H20F2N2O.ClH/c1-10(11-5-6-12(16)13(17)9-11)19-14(20)15(18)7-3-2-4-8-15;/h5-6,9-10H,2-4,7-8,18H2,1H3,(H,19,20);1H. The minimum atomic E-state index is -0.913. The number of carbonyl (C=O) groups excluding carboxylic acids is 1. The van der Waals surface area contributed by atoms with Gasteiger partial charge in [0.25, 0.3) is 0 Å². The van der Waals surface area contributed by atoms with Crippen molar-refractivity contribution in [3.05, 3.63) is 35.4 Å². The maximum atomic E-state index is 13.2. The zero-order valence-corrected chi connectivity index (χ0v) is 12.8. The molecule has 3 N–H and O–H groups in total. The number of hydrogen-bond acceptors (Lipinski definition) is 2. The molecule has 21 heavy (non-hydrogen) atoms. The van der Waals surface area contributed by atoms with Crippen molar-refractivity contribution < 1.29 is 13.6 Å². The van der Waals surface area contributed by atoms with E-state index < -0.39 is 23.2 Å². The lowest BCUT2D eigenvalue weighted by molar-refractivity contribution is -0.128. The maximum Gasteiger partial charge on any atom is 0.240 e. The van der Waals surface area contributed by atoms with Crippen molar-refractivity contribution in [3.8, 4) is 0 Å². The Bertz CT molecular complexity index is 504. The summed E-state index contributed by atoms with van der Waals surface area (Å²) in [4.78, 5) is 12.3. The van der Waals surface area contributed by atoms with Crippen LogP contribution in [0.15, 0.2) is 18.2 Å². The van der Waals surface area contributed by atoms with E-state index in [-0.39, 0.29) is 18.3 Å². The average Bonchev–Trinajstić information content (AvgIpc) is 2.42. The van der Waals surface area contributed by atoms with E-state index in [4.69, 9.17) is 5.73 Å². The molecular weight excluding hydrogens is 298 g/mol. The molecule has 118 valence electrons. The Kier molecular flexibility index (Phi) is 6.10. The molecule has 0 bridgehead atoms. The number of nitrogens with two attached hydrogens (primary N) is 1. The van der Waals surface area contributed by atoms with Crippen LogP contribution < -0.4 is 11.1 Å². The summed E-state index contributed by atoms with van der Waals surface area (Å²) in [5.74, 6) is -2.02. The molecule has 0 aromatic heterocycles. The second-order valence-corrected chi connectivity index (χ2v) is 5.59. The first-order chi connectivity index (χ1) is 9.42. The van der Waals surface area contributed by atoms with Crippen molar-refractivity contribution in [2.75, 3.05) is 0 Å². The summed E-state index contributed by atoms with van der Waals surface area (Å²) in [5.41, 5.74) is 5.83. The van der Waals surface area contributed by atoms with E-state index in [9.17, 15) is 13.6 Å². The molecular formula is C15H21ClF2N2O. The molecule has 6 heteroatoms. The summed E-state index contributed by atoms with van der Waals surface area (Å²) in [5, 5.41) is 2.80. The predicted molar refractivity (Wildman–Crippen MR) is 80.2 cm³/mol. The van der Waals surface area contributed by atoms with E-state index in [1.165, 1.54) is 6.07 Å². The molecule has 0 aliphatic heterocycles. The number of amides is 1. The van der Waals surface area contributed by atoms with E-state index in [0.717, 1.165) is 31.4 Å². The highest BCUT2D eigenvalue weighted by atomic mass is 35.5. The highest BCUT2D eigenvalue weighted by Gasteiger charge is 2.35. The summed E-state index contributed by atoms with van der Waals surface area (Å²) in [6, 6.07) is 3.23. The lowest BCUT2D eigenvalue weighted by Crippen LogP contribution is -2.55. The number of nitrogens with one attached hydrogen (secondary N) is 1. The van der Waals surface area contributed by atoms with Crippen molar-refractivity contribution >= 4 is 18.3 Å². The second kappa shape index (κ2) is 7.18. The first-order valence-corrected chi connectivity index (χ1v) is 6.97. The van der Waals surface area contributed by atoms with Crippen LogP contribution in [0.25, 0.3) is 0 Å². The van der Waals surface area contributed by atoms with Crippen molar-refractivity contribution in [2.45, 2.75) is 50.6 Å². The minimum Gasteiger partial charge on any atom is -0.348 e. The summed E-state index contributed by atoms with van der Waals surface area (Å²) >= 11 is 0. The lowest BCUT2D eigenvalue weighted by Gasteiger charge is -2.33. The van der Waals surface area contributed by atoms with E-state index >= 15 is 0 Å². The Hall–Kier alpha value is -1.20. The van der Waals surface area contributed by atoms with E-state index in [0.29, 0.717) is 18.4 Å². The van der Waals surface area contributed by atoms with Crippen molar-refractivity contribution in [3.63, 3.8) is 0 Å². The Morgan fingerprint density at radius 2 is 1.86 bits per heavy atom. The number of benzene rings is 1. The topological polar surface area (TPSA) is 55.1 Å². The molecule has 1 aliphatic rings. The summed E-state index contributed by atoms with van der Waals surface area (Å²) in [7, 11) is 0. The van der Waals surface area contributed by atoms with E-state index in [2.05, 4.69) is 5.32 Å². The van der Waals surface area contributed by atoms with Crippen molar-refractivity contribution in [2.24, 2.45) is 5.73 Å². The summed E-state index contributed by atoms with van der Waals surface area (Å²) in [6.45, 7) is 1.73. The van der Waals surface area contributed by atoms with Gasteiger partial charge in [-0.3, -0.25) is 4.79 Å². The SMILES string of the molecule is CC(NC(=O)C1(N)CCCCC1)c1ccc(F)c(F)c1.Cl. The molecule has 1 aromatic rings. The third kappa shape index (κ3) is 4.14. The van der Waals surface area contributed by atoms with Gasteiger partial charge >= 0.3 is 0 Å². The Morgan fingerprint density at radius 1 is 1.24 bits per heavy atom. The Balaban J connectivity index is 0.00000220. The Labute approximate surface area is 129 Å². The molecule has 1 aromatic carbocycles. The summed E-state index contributed by atoms with van der Waals surface area (Å²) in [6.07, 6.45) is 4.34. The molecule has 3 nitrogen and oxygen atoms in total. The van der Waals surface area contributed by atoms with Crippen LogP contribution in [0.4, 0.5) is 8.78 Å². The van der Waals surface area contributed by atoms with Gasteiger partial charge in [0.05, 0.1) is 11.6 Å². The first kappa shape index (κ1) is 17.9. The lowest BCUT2D eigenvalue weighted by atomic mass is 9.81. The number of halogens is 3. The van der Waals surface area contributed by atoms with Gasteiger partial charge < -0.3 is 11.1 Å². The molecule has 1 amide bonds. The molecule has 1 fully saturated rings. The highest BCUT2D eigenvalue weighted by molar-refractivity contribution is 5.86. The molecule has 0 spiro atoms. The molecule has 1 unspecified atom stereocenters. The van der Waals surface area contributed by atoms with Crippen LogP contribution in [0.1, 0.15) is 50.6 Å². The third-order valence-electron chi connectivity index (χ3n) is 3.99. The minimum absolute atomic E-state index is 0. The second-order valence-electron chi connectivity index (χ2n) is 5.59.